The van der Waals surface area contributed by atoms with Crippen LogP contribution in [-0.4, -0.2) is 11.1 Å². The molecule has 2 aromatic carbocycles. The Hall–Kier alpha value is -1.97. The fraction of sp³-hybridized carbons (Fsp3) is 0.0625. The fourth-order valence-corrected chi connectivity index (χ4v) is 2.10. The molecule has 3 nitrogen and oxygen atoms in total. The molecule has 5 heteroatoms. The van der Waals surface area contributed by atoms with Crippen molar-refractivity contribution < 1.29 is 14.6 Å². The van der Waals surface area contributed by atoms with Gasteiger partial charge in [0.1, 0.15) is 5.75 Å². The lowest BCUT2D eigenvalue weighted by Gasteiger charge is -2.13. The number of hydrogen-bond donors (Lipinski definition) is 1. The van der Waals surface area contributed by atoms with Gasteiger partial charge in [0, 0.05) is 16.7 Å². The summed E-state index contributed by atoms with van der Waals surface area (Å²) in [5.74, 6) is -0.0810. The van der Waals surface area contributed by atoms with Gasteiger partial charge < -0.3 is 9.84 Å². The van der Waals surface area contributed by atoms with Gasteiger partial charge in [-0.15, -0.1) is 0 Å². The third-order valence-electron chi connectivity index (χ3n) is 2.77. The molecule has 108 valence electrons. The summed E-state index contributed by atoms with van der Waals surface area (Å²) in [6.45, 7) is 1.88. The van der Waals surface area contributed by atoms with Gasteiger partial charge in [0.05, 0.1) is 5.02 Å². The quantitative estimate of drug-likeness (QED) is 0.787. The molecular weight excluding hydrogens is 311 g/mol. The van der Waals surface area contributed by atoms with Gasteiger partial charge in [0.25, 0.3) is 0 Å². The molecule has 0 saturated heterocycles. The number of ether oxygens (including phenoxy) is 1. The van der Waals surface area contributed by atoms with E-state index in [0.717, 1.165) is 11.6 Å². The molecular formula is C16H12Cl2O3. The Morgan fingerprint density at radius 3 is 2.71 bits per heavy atom. The molecule has 0 unspecified atom stereocenters. The van der Waals surface area contributed by atoms with Crippen LogP contribution in [0.2, 0.25) is 10.0 Å². The Kier molecular flexibility index (Phi) is 4.89. The van der Waals surface area contributed by atoms with Gasteiger partial charge in [-0.3, -0.25) is 0 Å². The zero-order valence-corrected chi connectivity index (χ0v) is 12.7. The van der Waals surface area contributed by atoms with Crippen molar-refractivity contribution in [3.8, 4) is 11.5 Å². The molecule has 0 heterocycles. The maximum atomic E-state index is 10.6. The predicted octanol–water partition coefficient (Wildman–Crippen LogP) is 5.19. The molecule has 0 radical (unpaired) electrons. The van der Waals surface area contributed by atoms with Crippen molar-refractivity contribution >= 4 is 35.2 Å². The molecule has 2 aromatic rings. The second-order valence-corrected chi connectivity index (χ2v) is 5.19. The summed E-state index contributed by atoms with van der Waals surface area (Å²) < 4.78 is 5.82. The Bertz CT molecular complexity index is 709. The van der Waals surface area contributed by atoms with Crippen molar-refractivity contribution in [3.63, 3.8) is 0 Å². The number of hydrogen-bond acceptors (Lipinski definition) is 2. The van der Waals surface area contributed by atoms with E-state index in [0.29, 0.717) is 27.1 Å². The zero-order valence-electron chi connectivity index (χ0n) is 11.1. The van der Waals surface area contributed by atoms with Crippen LogP contribution in [-0.2, 0) is 4.79 Å². The standard InChI is InChI=1S/C16H12Cl2O3/c1-10-5-7-12(17)9-14(10)21-16-11(6-8-15(19)20)3-2-4-13(16)18/h2-9H,1H3,(H,19,20)/b8-6+. The SMILES string of the molecule is Cc1ccc(Cl)cc1Oc1c(Cl)cccc1/C=C/C(=O)O. The summed E-state index contributed by atoms with van der Waals surface area (Å²) in [7, 11) is 0. The van der Waals surface area contributed by atoms with Crippen molar-refractivity contribution in [2.45, 2.75) is 6.92 Å². The van der Waals surface area contributed by atoms with Crippen molar-refractivity contribution in [1.82, 2.24) is 0 Å². The maximum absolute atomic E-state index is 10.6. The molecule has 0 saturated carbocycles. The predicted molar refractivity (Wildman–Crippen MR) is 84.4 cm³/mol. The number of benzene rings is 2. The molecule has 0 amide bonds. The number of carbonyl (C=O) groups is 1. The maximum Gasteiger partial charge on any atom is 0.328 e. The topological polar surface area (TPSA) is 46.5 Å². The number of aryl methyl sites for hydroxylation is 1. The van der Waals surface area contributed by atoms with E-state index < -0.39 is 5.97 Å². The first kappa shape index (κ1) is 15.4. The Morgan fingerprint density at radius 2 is 2.00 bits per heavy atom. The summed E-state index contributed by atoms with van der Waals surface area (Å²) in [6.07, 6.45) is 2.47. The average molecular weight is 323 g/mol. The molecule has 0 aliphatic rings. The largest absolute Gasteiger partial charge is 0.478 e. The minimum absolute atomic E-state index is 0.391. The van der Waals surface area contributed by atoms with Crippen molar-refractivity contribution in [3.05, 3.63) is 63.6 Å². The highest BCUT2D eigenvalue weighted by Gasteiger charge is 2.10. The Morgan fingerprint density at radius 1 is 1.24 bits per heavy atom. The first-order valence-corrected chi connectivity index (χ1v) is 6.86. The summed E-state index contributed by atoms with van der Waals surface area (Å²) in [5, 5.41) is 9.66. The summed E-state index contributed by atoms with van der Waals surface area (Å²) in [6, 6.07) is 10.4. The van der Waals surface area contributed by atoms with Crippen LogP contribution in [0, 0.1) is 6.92 Å². The van der Waals surface area contributed by atoms with Crippen LogP contribution >= 0.6 is 23.2 Å². The highest BCUT2D eigenvalue weighted by Crippen LogP contribution is 2.36. The molecule has 0 aromatic heterocycles. The van der Waals surface area contributed by atoms with Crippen LogP contribution < -0.4 is 4.74 Å². The van der Waals surface area contributed by atoms with Gasteiger partial charge in [0.15, 0.2) is 5.75 Å². The van der Waals surface area contributed by atoms with E-state index in [2.05, 4.69) is 0 Å². The number of carboxylic acid groups (broad SMARTS) is 1. The van der Waals surface area contributed by atoms with Gasteiger partial charge in [-0.2, -0.15) is 0 Å². The number of rotatable bonds is 4. The van der Waals surface area contributed by atoms with Gasteiger partial charge >= 0.3 is 5.97 Å². The molecule has 0 aliphatic carbocycles. The monoisotopic (exact) mass is 322 g/mol. The van der Waals surface area contributed by atoms with Crippen LogP contribution in [0.3, 0.4) is 0 Å². The highest BCUT2D eigenvalue weighted by atomic mass is 35.5. The van der Waals surface area contributed by atoms with Gasteiger partial charge in [-0.05, 0) is 36.8 Å². The van der Waals surface area contributed by atoms with E-state index in [1.54, 1.807) is 30.3 Å². The van der Waals surface area contributed by atoms with Crippen molar-refractivity contribution in [1.29, 1.82) is 0 Å². The van der Waals surface area contributed by atoms with E-state index in [9.17, 15) is 4.79 Å². The molecule has 0 bridgehead atoms. The second-order valence-electron chi connectivity index (χ2n) is 4.34. The first-order valence-electron chi connectivity index (χ1n) is 6.11. The summed E-state index contributed by atoms with van der Waals surface area (Å²) >= 11 is 12.1. The average Bonchev–Trinajstić information content (AvgIpc) is 2.43. The van der Waals surface area contributed by atoms with Gasteiger partial charge in [-0.1, -0.05) is 41.4 Å². The first-order chi connectivity index (χ1) is 9.97. The van der Waals surface area contributed by atoms with E-state index in [1.807, 2.05) is 13.0 Å². The summed E-state index contributed by atoms with van der Waals surface area (Å²) in [4.78, 5) is 10.6. The fourth-order valence-electron chi connectivity index (χ4n) is 1.72. The van der Waals surface area contributed by atoms with E-state index >= 15 is 0 Å². The Balaban J connectivity index is 2.43. The Labute approximate surface area is 132 Å². The smallest absolute Gasteiger partial charge is 0.328 e. The minimum Gasteiger partial charge on any atom is -0.478 e. The van der Waals surface area contributed by atoms with E-state index in [-0.39, 0.29) is 0 Å². The second kappa shape index (κ2) is 6.66. The van der Waals surface area contributed by atoms with E-state index in [1.165, 1.54) is 6.08 Å². The number of para-hydroxylation sites is 1. The molecule has 0 atom stereocenters. The van der Waals surface area contributed by atoms with Crippen LogP contribution in [0.25, 0.3) is 6.08 Å². The van der Waals surface area contributed by atoms with Gasteiger partial charge in [0.2, 0.25) is 0 Å². The number of carboxylic acids is 1. The molecule has 1 N–H and O–H groups in total. The molecule has 2 rings (SSSR count). The van der Waals surface area contributed by atoms with Crippen LogP contribution in [0.5, 0.6) is 11.5 Å². The molecule has 0 aliphatic heterocycles. The van der Waals surface area contributed by atoms with E-state index in [4.69, 9.17) is 33.0 Å². The lowest BCUT2D eigenvalue weighted by molar-refractivity contribution is -0.131. The lowest BCUT2D eigenvalue weighted by Crippen LogP contribution is -1.92. The number of halogens is 2. The molecule has 21 heavy (non-hydrogen) atoms. The zero-order chi connectivity index (χ0) is 15.4. The van der Waals surface area contributed by atoms with Crippen molar-refractivity contribution in [2.75, 3.05) is 0 Å². The minimum atomic E-state index is -1.04. The third-order valence-corrected chi connectivity index (χ3v) is 3.30. The molecule has 0 fully saturated rings. The van der Waals surface area contributed by atoms with Crippen molar-refractivity contribution in [2.24, 2.45) is 0 Å². The van der Waals surface area contributed by atoms with Crippen LogP contribution in [0.4, 0.5) is 0 Å². The summed E-state index contributed by atoms with van der Waals surface area (Å²) in [5.41, 5.74) is 1.47. The lowest BCUT2D eigenvalue weighted by atomic mass is 10.1. The normalized spacial score (nSPS) is 10.8. The van der Waals surface area contributed by atoms with Crippen LogP contribution in [0.15, 0.2) is 42.5 Å². The van der Waals surface area contributed by atoms with Crippen LogP contribution in [0.1, 0.15) is 11.1 Å². The highest BCUT2D eigenvalue weighted by molar-refractivity contribution is 6.32. The van der Waals surface area contributed by atoms with Gasteiger partial charge in [-0.25, -0.2) is 4.79 Å². The molecule has 0 spiro atoms. The third kappa shape index (κ3) is 4.00. The number of aliphatic carboxylic acids is 1.